The van der Waals surface area contributed by atoms with Crippen LogP contribution in [0.5, 0.6) is 0 Å². The van der Waals surface area contributed by atoms with Gasteiger partial charge in [-0.15, -0.1) is 5.01 Å². The van der Waals surface area contributed by atoms with Crippen molar-refractivity contribution in [3.63, 3.8) is 0 Å². The third kappa shape index (κ3) is 2.43. The van der Waals surface area contributed by atoms with E-state index in [1.54, 1.807) is 13.1 Å². The van der Waals surface area contributed by atoms with Gasteiger partial charge in [0.2, 0.25) is 0 Å². The third-order valence-electron chi connectivity index (χ3n) is 3.68. The van der Waals surface area contributed by atoms with E-state index in [-0.39, 0.29) is 5.91 Å². The number of rotatable bonds is 3. The van der Waals surface area contributed by atoms with E-state index < -0.39 is 11.6 Å². The highest BCUT2D eigenvalue weighted by molar-refractivity contribution is 6.07. The Morgan fingerprint density at radius 1 is 1.35 bits per heavy atom. The molecule has 5 heteroatoms. The molecule has 1 aromatic carbocycles. The topological polar surface area (TPSA) is 61.8 Å². The molecule has 1 saturated heterocycles. The molecule has 106 valence electrons. The average Bonchev–Trinajstić information content (AvgIpc) is 2.61. The monoisotopic (exact) mass is 273 g/mol. The Bertz CT molecular complexity index is 595. The minimum absolute atomic E-state index is 0.314. The zero-order chi connectivity index (χ0) is 14.9. The summed E-state index contributed by atoms with van der Waals surface area (Å²) in [6, 6.07) is 5.45. The molecule has 1 atom stereocenters. The number of benzene rings is 1. The van der Waals surface area contributed by atoms with Gasteiger partial charge in [0.15, 0.2) is 0 Å². The van der Waals surface area contributed by atoms with Crippen LogP contribution in [0.4, 0.5) is 4.79 Å². The number of aryl methyl sites for hydroxylation is 2. The van der Waals surface area contributed by atoms with Crippen molar-refractivity contribution >= 4 is 18.2 Å². The van der Waals surface area contributed by atoms with Crippen LogP contribution in [0.2, 0.25) is 0 Å². The van der Waals surface area contributed by atoms with Crippen molar-refractivity contribution in [1.82, 2.24) is 10.3 Å². The van der Waals surface area contributed by atoms with Crippen LogP contribution in [0.1, 0.15) is 37.0 Å². The zero-order valence-corrected chi connectivity index (χ0v) is 12.2. The Balaban J connectivity index is 2.24. The van der Waals surface area contributed by atoms with Crippen molar-refractivity contribution in [3.05, 3.63) is 34.9 Å². The van der Waals surface area contributed by atoms with Crippen LogP contribution in [0.25, 0.3) is 0 Å². The fourth-order valence-corrected chi connectivity index (χ4v) is 2.10. The molecule has 2 rings (SSSR count). The summed E-state index contributed by atoms with van der Waals surface area (Å²) in [5, 5.41) is 7.61. The second-order valence-corrected chi connectivity index (χ2v) is 5.34. The molecule has 1 fully saturated rings. The van der Waals surface area contributed by atoms with Crippen molar-refractivity contribution in [3.8, 4) is 0 Å². The van der Waals surface area contributed by atoms with Gasteiger partial charge >= 0.3 is 6.03 Å². The summed E-state index contributed by atoms with van der Waals surface area (Å²) in [4.78, 5) is 24.0. The van der Waals surface area contributed by atoms with Crippen molar-refractivity contribution in [2.75, 3.05) is 0 Å². The van der Waals surface area contributed by atoms with E-state index in [4.69, 9.17) is 0 Å². The molecule has 1 aliphatic rings. The summed E-state index contributed by atoms with van der Waals surface area (Å²) in [6.07, 6.45) is 2.08. The Kier molecular flexibility index (Phi) is 3.61. The average molecular weight is 273 g/mol. The quantitative estimate of drug-likeness (QED) is 0.679. The van der Waals surface area contributed by atoms with Gasteiger partial charge in [-0.2, -0.15) is 5.10 Å². The number of carbonyl (C=O) groups excluding carboxylic acids is 2. The van der Waals surface area contributed by atoms with E-state index in [0.717, 1.165) is 21.7 Å². The minimum atomic E-state index is -0.850. The first kappa shape index (κ1) is 14.2. The van der Waals surface area contributed by atoms with Crippen molar-refractivity contribution in [2.24, 2.45) is 5.10 Å². The van der Waals surface area contributed by atoms with Crippen LogP contribution in [-0.4, -0.2) is 28.7 Å². The third-order valence-corrected chi connectivity index (χ3v) is 3.68. The second-order valence-electron chi connectivity index (χ2n) is 5.34. The molecule has 0 bridgehead atoms. The fraction of sp³-hybridized carbons (Fsp3) is 0.400. The van der Waals surface area contributed by atoms with Gasteiger partial charge in [-0.1, -0.05) is 30.7 Å². The SMILES string of the molecule is CC[C@@]1(C)NC(=O)N(/N=C\c2ccc(C)cc2C)C1=O. The maximum atomic E-state index is 12.2. The van der Waals surface area contributed by atoms with Gasteiger partial charge in [-0.3, -0.25) is 4.79 Å². The first-order chi connectivity index (χ1) is 9.37. The molecule has 0 unspecified atom stereocenters. The van der Waals surface area contributed by atoms with Crippen LogP contribution in [0.3, 0.4) is 0 Å². The summed E-state index contributed by atoms with van der Waals surface area (Å²) in [5.41, 5.74) is 2.25. The van der Waals surface area contributed by atoms with E-state index in [1.165, 1.54) is 0 Å². The molecular formula is C15H19N3O2. The number of nitrogens with zero attached hydrogens (tertiary/aromatic N) is 2. The standard InChI is InChI=1S/C15H19N3O2/c1-5-15(4)13(19)18(14(20)17-15)16-9-12-7-6-10(2)8-11(12)3/h6-9H,5H2,1-4H3,(H,17,20)/b16-9-/t15-/m1/s1. The number of carbonyl (C=O) groups is 2. The number of urea groups is 1. The Hall–Kier alpha value is -2.17. The normalized spacial score (nSPS) is 22.7. The lowest BCUT2D eigenvalue weighted by atomic mass is 10.00. The van der Waals surface area contributed by atoms with E-state index in [0.29, 0.717) is 6.42 Å². The minimum Gasteiger partial charge on any atom is -0.322 e. The van der Waals surface area contributed by atoms with Crippen molar-refractivity contribution < 1.29 is 9.59 Å². The van der Waals surface area contributed by atoms with E-state index in [9.17, 15) is 9.59 Å². The molecule has 0 saturated carbocycles. The number of hydrazone groups is 1. The molecule has 3 amide bonds. The molecule has 0 aliphatic carbocycles. The van der Waals surface area contributed by atoms with Crippen LogP contribution >= 0.6 is 0 Å². The lowest BCUT2D eigenvalue weighted by molar-refractivity contribution is -0.130. The highest BCUT2D eigenvalue weighted by Gasteiger charge is 2.46. The summed E-state index contributed by atoms with van der Waals surface area (Å²) in [7, 11) is 0. The molecule has 5 nitrogen and oxygen atoms in total. The highest BCUT2D eigenvalue weighted by atomic mass is 16.2. The lowest BCUT2D eigenvalue weighted by Crippen LogP contribution is -2.42. The number of amides is 3. The summed E-state index contributed by atoms with van der Waals surface area (Å²) >= 11 is 0. The van der Waals surface area contributed by atoms with Gasteiger partial charge in [-0.05, 0) is 38.3 Å². The zero-order valence-electron chi connectivity index (χ0n) is 12.2. The number of nitrogens with one attached hydrogen (secondary N) is 1. The number of hydrogen-bond donors (Lipinski definition) is 1. The maximum absolute atomic E-state index is 12.2. The fourth-order valence-electron chi connectivity index (χ4n) is 2.10. The molecule has 0 spiro atoms. The van der Waals surface area contributed by atoms with E-state index in [1.807, 2.05) is 39.0 Å². The molecule has 1 heterocycles. The molecule has 20 heavy (non-hydrogen) atoms. The first-order valence-corrected chi connectivity index (χ1v) is 6.65. The molecule has 1 aliphatic heterocycles. The summed E-state index contributed by atoms with van der Waals surface area (Å²) in [6.45, 7) is 7.55. The van der Waals surface area contributed by atoms with Gasteiger partial charge < -0.3 is 5.32 Å². The van der Waals surface area contributed by atoms with Gasteiger partial charge in [-0.25, -0.2) is 4.79 Å². The van der Waals surface area contributed by atoms with Gasteiger partial charge in [0.1, 0.15) is 5.54 Å². The Morgan fingerprint density at radius 3 is 2.60 bits per heavy atom. The molecule has 1 N–H and O–H groups in total. The van der Waals surface area contributed by atoms with E-state index in [2.05, 4.69) is 10.4 Å². The van der Waals surface area contributed by atoms with Crippen molar-refractivity contribution in [2.45, 2.75) is 39.7 Å². The lowest BCUT2D eigenvalue weighted by Gasteiger charge is -2.17. The highest BCUT2D eigenvalue weighted by Crippen LogP contribution is 2.21. The van der Waals surface area contributed by atoms with Crippen LogP contribution < -0.4 is 5.32 Å². The van der Waals surface area contributed by atoms with E-state index >= 15 is 0 Å². The predicted octanol–water partition coefficient (Wildman–Crippen LogP) is 2.36. The van der Waals surface area contributed by atoms with Gasteiger partial charge in [0.05, 0.1) is 6.21 Å². The smallest absolute Gasteiger partial charge is 0.322 e. The van der Waals surface area contributed by atoms with Crippen molar-refractivity contribution in [1.29, 1.82) is 0 Å². The largest absolute Gasteiger partial charge is 0.346 e. The number of imide groups is 1. The van der Waals surface area contributed by atoms with Gasteiger partial charge in [0, 0.05) is 0 Å². The molecule has 1 aromatic rings. The second kappa shape index (κ2) is 5.07. The first-order valence-electron chi connectivity index (χ1n) is 6.65. The molecular weight excluding hydrogens is 254 g/mol. The van der Waals surface area contributed by atoms with Crippen LogP contribution in [-0.2, 0) is 4.79 Å². The summed E-state index contributed by atoms with van der Waals surface area (Å²) < 4.78 is 0. The Morgan fingerprint density at radius 2 is 2.05 bits per heavy atom. The molecule has 0 aromatic heterocycles. The van der Waals surface area contributed by atoms with Gasteiger partial charge in [0.25, 0.3) is 5.91 Å². The number of hydrogen-bond acceptors (Lipinski definition) is 3. The van der Waals surface area contributed by atoms with Crippen LogP contribution in [0.15, 0.2) is 23.3 Å². The maximum Gasteiger partial charge on any atom is 0.346 e. The predicted molar refractivity (Wildman–Crippen MR) is 77.6 cm³/mol. The molecule has 0 radical (unpaired) electrons. The van der Waals surface area contributed by atoms with Crippen LogP contribution in [0, 0.1) is 13.8 Å². The summed E-state index contributed by atoms with van der Waals surface area (Å²) in [5.74, 6) is -0.314. The Labute approximate surface area is 118 Å².